The van der Waals surface area contributed by atoms with Crippen molar-refractivity contribution in [2.24, 2.45) is 0 Å². The van der Waals surface area contributed by atoms with Gasteiger partial charge >= 0.3 is 9.76 Å². The molecule has 0 N–H and O–H groups in total. The normalized spacial score (nSPS) is 10.2. The van der Waals surface area contributed by atoms with Crippen molar-refractivity contribution in [3.63, 3.8) is 0 Å². The highest BCUT2D eigenvalue weighted by Gasteiger charge is 1.91. The van der Waals surface area contributed by atoms with Gasteiger partial charge in [0, 0.05) is 6.92 Å². The van der Waals surface area contributed by atoms with E-state index in [-0.39, 0.29) is 15.7 Å². The topological polar surface area (TPSA) is 26.3 Å². The summed E-state index contributed by atoms with van der Waals surface area (Å²) in [7, 11) is 0.286. The molecule has 2 radical (unpaired) electrons. The minimum atomic E-state index is -0.191. The third-order valence-electron chi connectivity index (χ3n) is 0.819. The molecule has 0 heterocycles. The van der Waals surface area contributed by atoms with Crippen molar-refractivity contribution >= 4 is 15.7 Å². The number of hydrogen-bond acceptors (Lipinski definition) is 2. The Morgan fingerprint density at radius 2 is 2.30 bits per heavy atom. The lowest BCUT2D eigenvalue weighted by Gasteiger charge is -1.93. The first kappa shape index (κ1) is 9.43. The molecule has 0 atom stereocenters. The van der Waals surface area contributed by atoms with Crippen molar-refractivity contribution in [1.82, 2.24) is 0 Å². The maximum atomic E-state index is 10.2. The fourth-order valence-corrected chi connectivity index (χ4v) is 0.991. The molecular formula is C7H12O2Si. The molecule has 0 aliphatic carbocycles. The number of allylic oxidation sites excluding steroid dienone is 2. The number of rotatable bonds is 4. The van der Waals surface area contributed by atoms with E-state index in [1.807, 2.05) is 6.08 Å². The van der Waals surface area contributed by atoms with E-state index >= 15 is 0 Å². The molecule has 0 amide bonds. The molecular weight excluding hydrogens is 144 g/mol. The first-order valence-corrected chi connectivity index (χ1v) is 4.44. The van der Waals surface area contributed by atoms with Crippen LogP contribution in [0.4, 0.5) is 0 Å². The Morgan fingerprint density at radius 1 is 1.60 bits per heavy atom. The number of hydrogen-bond donors (Lipinski definition) is 0. The van der Waals surface area contributed by atoms with E-state index in [2.05, 4.69) is 13.0 Å². The Morgan fingerprint density at radius 3 is 2.80 bits per heavy atom. The number of carbonyl (C=O) groups excluding carboxylic acids is 1. The SMILES string of the molecule is CC/C=C/C[Si]OC(C)=O. The van der Waals surface area contributed by atoms with E-state index in [0.717, 1.165) is 12.5 Å². The Hall–Kier alpha value is -0.573. The van der Waals surface area contributed by atoms with Crippen molar-refractivity contribution in [1.29, 1.82) is 0 Å². The molecule has 0 aliphatic rings. The van der Waals surface area contributed by atoms with Gasteiger partial charge in [-0.15, -0.1) is 0 Å². The van der Waals surface area contributed by atoms with Gasteiger partial charge in [-0.1, -0.05) is 19.1 Å². The van der Waals surface area contributed by atoms with Gasteiger partial charge in [0.25, 0.3) is 5.97 Å². The van der Waals surface area contributed by atoms with Gasteiger partial charge in [0.05, 0.1) is 0 Å². The van der Waals surface area contributed by atoms with Gasteiger partial charge in [-0.3, -0.25) is 4.79 Å². The van der Waals surface area contributed by atoms with Gasteiger partial charge in [-0.25, -0.2) is 0 Å². The molecule has 0 spiro atoms. The van der Waals surface area contributed by atoms with Crippen LogP contribution in [0.25, 0.3) is 0 Å². The fraction of sp³-hybridized carbons (Fsp3) is 0.571. The van der Waals surface area contributed by atoms with Gasteiger partial charge in [0.1, 0.15) is 0 Å². The molecule has 0 saturated heterocycles. The Kier molecular flexibility index (Phi) is 6.17. The van der Waals surface area contributed by atoms with Crippen LogP contribution in [-0.4, -0.2) is 15.7 Å². The fourth-order valence-electron chi connectivity index (χ4n) is 0.441. The third-order valence-corrected chi connectivity index (χ3v) is 1.65. The molecule has 0 saturated carbocycles. The summed E-state index contributed by atoms with van der Waals surface area (Å²) in [6, 6.07) is 0.855. The van der Waals surface area contributed by atoms with Crippen molar-refractivity contribution in [2.45, 2.75) is 26.3 Å². The molecule has 0 bridgehead atoms. The van der Waals surface area contributed by atoms with Gasteiger partial charge < -0.3 is 4.43 Å². The minimum absolute atomic E-state index is 0.191. The number of carbonyl (C=O) groups is 1. The highest BCUT2D eigenvalue weighted by Crippen LogP contribution is 1.86. The van der Waals surface area contributed by atoms with E-state index in [1.165, 1.54) is 6.92 Å². The van der Waals surface area contributed by atoms with Crippen LogP contribution < -0.4 is 0 Å². The molecule has 0 rings (SSSR count). The van der Waals surface area contributed by atoms with Gasteiger partial charge in [-0.05, 0) is 12.5 Å². The maximum Gasteiger partial charge on any atom is 0.318 e. The van der Waals surface area contributed by atoms with Crippen molar-refractivity contribution in [3.8, 4) is 0 Å². The molecule has 10 heavy (non-hydrogen) atoms. The second-order valence-electron chi connectivity index (χ2n) is 1.82. The van der Waals surface area contributed by atoms with Gasteiger partial charge in [0.2, 0.25) is 0 Å². The average molecular weight is 156 g/mol. The zero-order chi connectivity index (χ0) is 7.82. The summed E-state index contributed by atoms with van der Waals surface area (Å²) in [5.41, 5.74) is 0. The van der Waals surface area contributed by atoms with Crippen LogP contribution in [0.5, 0.6) is 0 Å². The van der Waals surface area contributed by atoms with Crippen LogP contribution in [0, 0.1) is 0 Å². The second-order valence-corrected chi connectivity index (χ2v) is 2.72. The highest BCUT2D eigenvalue weighted by molar-refractivity contribution is 6.31. The smallest absolute Gasteiger partial charge is 0.318 e. The molecule has 0 aromatic carbocycles. The second kappa shape index (κ2) is 6.55. The van der Waals surface area contributed by atoms with E-state index in [0.29, 0.717) is 0 Å². The molecule has 0 fully saturated rings. The quantitative estimate of drug-likeness (QED) is 0.351. The summed E-state index contributed by atoms with van der Waals surface area (Å²) in [4.78, 5) is 10.2. The predicted octanol–water partition coefficient (Wildman–Crippen LogP) is 1.55. The summed E-state index contributed by atoms with van der Waals surface area (Å²) >= 11 is 0. The van der Waals surface area contributed by atoms with E-state index in [9.17, 15) is 4.79 Å². The molecule has 0 aromatic rings. The highest BCUT2D eigenvalue weighted by atomic mass is 28.2. The zero-order valence-corrected chi connectivity index (χ0v) is 7.39. The van der Waals surface area contributed by atoms with Crippen LogP contribution in [0.15, 0.2) is 12.2 Å². The molecule has 0 aromatic heterocycles. The van der Waals surface area contributed by atoms with Gasteiger partial charge in [0.15, 0.2) is 0 Å². The van der Waals surface area contributed by atoms with Gasteiger partial charge in [-0.2, -0.15) is 0 Å². The third kappa shape index (κ3) is 7.43. The monoisotopic (exact) mass is 156 g/mol. The largest absolute Gasteiger partial charge is 0.516 e. The lowest BCUT2D eigenvalue weighted by molar-refractivity contribution is -0.131. The predicted molar refractivity (Wildman–Crippen MR) is 41.8 cm³/mol. The van der Waals surface area contributed by atoms with Crippen LogP contribution in [0.2, 0.25) is 6.04 Å². The molecule has 56 valence electrons. The molecule has 2 nitrogen and oxygen atoms in total. The van der Waals surface area contributed by atoms with Crippen molar-refractivity contribution in [2.75, 3.05) is 0 Å². The summed E-state index contributed by atoms with van der Waals surface area (Å²) in [6.45, 7) is 3.50. The van der Waals surface area contributed by atoms with Crippen molar-refractivity contribution < 1.29 is 9.22 Å². The van der Waals surface area contributed by atoms with Crippen LogP contribution >= 0.6 is 0 Å². The Bertz CT molecular complexity index is 121. The molecule has 0 unspecified atom stereocenters. The molecule has 3 heteroatoms. The average Bonchev–Trinajstić information content (AvgIpc) is 1.87. The van der Waals surface area contributed by atoms with Crippen molar-refractivity contribution in [3.05, 3.63) is 12.2 Å². The standard InChI is InChI=1S/C7H12O2Si/c1-3-4-5-6-10-9-7(2)8/h4-5H,3,6H2,1-2H3/b5-4+. The van der Waals surface area contributed by atoms with E-state index < -0.39 is 0 Å². The summed E-state index contributed by atoms with van der Waals surface area (Å²) in [5, 5.41) is 0. The summed E-state index contributed by atoms with van der Waals surface area (Å²) in [6.07, 6.45) is 5.14. The summed E-state index contributed by atoms with van der Waals surface area (Å²) < 4.78 is 4.73. The molecule has 0 aliphatic heterocycles. The first-order valence-electron chi connectivity index (χ1n) is 3.32. The van der Waals surface area contributed by atoms with E-state index in [4.69, 9.17) is 4.43 Å². The van der Waals surface area contributed by atoms with E-state index in [1.54, 1.807) is 0 Å². The maximum absolute atomic E-state index is 10.2. The lowest BCUT2D eigenvalue weighted by atomic mass is 10.4. The van der Waals surface area contributed by atoms with Crippen LogP contribution in [-0.2, 0) is 9.22 Å². The zero-order valence-electron chi connectivity index (χ0n) is 6.39. The first-order chi connectivity index (χ1) is 4.77. The summed E-state index contributed by atoms with van der Waals surface area (Å²) in [5.74, 6) is -0.191. The lowest BCUT2D eigenvalue weighted by Crippen LogP contribution is -2.02. The van der Waals surface area contributed by atoms with Crippen LogP contribution in [0.3, 0.4) is 0 Å². The van der Waals surface area contributed by atoms with Crippen LogP contribution in [0.1, 0.15) is 20.3 Å². The Balaban J connectivity index is 3.05. The minimum Gasteiger partial charge on any atom is -0.516 e. The Labute approximate surface area is 64.2 Å².